The molecule has 1 aromatic carbocycles. The van der Waals surface area contributed by atoms with Crippen molar-refractivity contribution in [2.45, 2.75) is 31.8 Å². The molecule has 0 saturated carbocycles. The minimum Gasteiger partial charge on any atom is -0.477 e. The van der Waals surface area contributed by atoms with Crippen molar-refractivity contribution >= 4 is 23.2 Å². The van der Waals surface area contributed by atoms with Gasteiger partial charge in [-0.15, -0.1) is 0 Å². The van der Waals surface area contributed by atoms with Crippen LogP contribution >= 0.6 is 0 Å². The van der Waals surface area contributed by atoms with Crippen LogP contribution in [0.15, 0.2) is 18.2 Å². The second-order valence-corrected chi connectivity index (χ2v) is 6.29. The molecule has 0 bridgehead atoms. The third-order valence-corrected chi connectivity index (χ3v) is 4.43. The van der Waals surface area contributed by atoms with Crippen LogP contribution in [0.4, 0.5) is 11.4 Å². The summed E-state index contributed by atoms with van der Waals surface area (Å²) in [5.41, 5.74) is 0.292. The summed E-state index contributed by atoms with van der Waals surface area (Å²) >= 11 is 0. The zero-order chi connectivity index (χ0) is 18.5. The number of nitrogens with zero attached hydrogens (tertiary/aromatic N) is 2. The Morgan fingerprint density at radius 3 is 2.92 bits per heavy atom. The average Bonchev–Trinajstić information content (AvgIpc) is 3.29. The van der Waals surface area contributed by atoms with Gasteiger partial charge in [0.25, 0.3) is 5.91 Å². The highest BCUT2D eigenvalue weighted by Gasteiger charge is 2.25. The van der Waals surface area contributed by atoms with Crippen molar-refractivity contribution in [1.82, 2.24) is 5.32 Å². The van der Waals surface area contributed by atoms with Gasteiger partial charge in [-0.1, -0.05) is 0 Å². The van der Waals surface area contributed by atoms with E-state index in [9.17, 15) is 19.7 Å². The lowest BCUT2D eigenvalue weighted by atomic mass is 10.2. The molecule has 3 rings (SSSR count). The molecule has 26 heavy (non-hydrogen) atoms. The number of carbonyl (C=O) groups is 2. The van der Waals surface area contributed by atoms with E-state index in [4.69, 9.17) is 9.47 Å². The second kappa shape index (κ2) is 8.13. The van der Waals surface area contributed by atoms with Crippen LogP contribution in [0.1, 0.15) is 25.7 Å². The van der Waals surface area contributed by atoms with Gasteiger partial charge in [0.15, 0.2) is 12.4 Å². The maximum atomic E-state index is 11.9. The highest BCUT2D eigenvalue weighted by molar-refractivity contribution is 5.95. The van der Waals surface area contributed by atoms with Crippen LogP contribution in [0.25, 0.3) is 0 Å². The lowest BCUT2D eigenvalue weighted by molar-refractivity contribution is -0.385. The van der Waals surface area contributed by atoms with Crippen LogP contribution < -0.4 is 15.0 Å². The van der Waals surface area contributed by atoms with Gasteiger partial charge >= 0.3 is 5.69 Å². The number of nitro benzene ring substituents is 1. The van der Waals surface area contributed by atoms with E-state index < -0.39 is 4.92 Å². The highest BCUT2D eigenvalue weighted by Crippen LogP contribution is 2.33. The fourth-order valence-electron chi connectivity index (χ4n) is 3.09. The van der Waals surface area contributed by atoms with Gasteiger partial charge in [0.2, 0.25) is 5.91 Å². The van der Waals surface area contributed by atoms with E-state index >= 15 is 0 Å². The van der Waals surface area contributed by atoms with Gasteiger partial charge in [-0.2, -0.15) is 0 Å². The van der Waals surface area contributed by atoms with E-state index in [0.29, 0.717) is 31.8 Å². The first kappa shape index (κ1) is 18.1. The molecular formula is C17H21N3O6. The molecular weight excluding hydrogens is 342 g/mol. The van der Waals surface area contributed by atoms with E-state index in [2.05, 4.69) is 5.32 Å². The summed E-state index contributed by atoms with van der Waals surface area (Å²) in [7, 11) is 0. The van der Waals surface area contributed by atoms with Crippen molar-refractivity contribution < 1.29 is 24.0 Å². The lowest BCUT2D eigenvalue weighted by Crippen LogP contribution is -2.35. The molecule has 1 aromatic rings. The van der Waals surface area contributed by atoms with Crippen LogP contribution in [0.2, 0.25) is 0 Å². The zero-order valence-corrected chi connectivity index (χ0v) is 14.3. The topological polar surface area (TPSA) is 111 Å². The fourth-order valence-corrected chi connectivity index (χ4v) is 3.09. The molecule has 140 valence electrons. The number of hydrogen-bond donors (Lipinski definition) is 1. The number of amides is 2. The Morgan fingerprint density at radius 2 is 2.27 bits per heavy atom. The minimum atomic E-state index is -0.574. The lowest BCUT2D eigenvalue weighted by Gasteiger charge is -2.17. The standard InChI is InChI=1S/C17H21N3O6/c21-16(18-10-13-3-2-8-25-13)11-26-15-9-12(5-6-14(15)20(23)24)19-7-1-4-17(19)22/h5-6,9,13H,1-4,7-8,10-11H2,(H,18,21)/t13-/m1/s1. The summed E-state index contributed by atoms with van der Waals surface area (Å²) in [4.78, 5) is 36.0. The molecule has 2 aliphatic rings. The number of ether oxygens (including phenoxy) is 2. The molecule has 9 heteroatoms. The molecule has 2 fully saturated rings. The molecule has 2 amide bonds. The Bertz CT molecular complexity index is 702. The van der Waals surface area contributed by atoms with Crippen LogP contribution in [-0.4, -0.2) is 49.1 Å². The van der Waals surface area contributed by atoms with Crippen LogP contribution in [0.3, 0.4) is 0 Å². The Labute approximate surface area is 150 Å². The van der Waals surface area contributed by atoms with E-state index in [1.165, 1.54) is 18.2 Å². The normalized spacial score (nSPS) is 19.6. The third-order valence-electron chi connectivity index (χ3n) is 4.43. The molecule has 0 radical (unpaired) electrons. The summed E-state index contributed by atoms with van der Waals surface area (Å²) in [5.74, 6) is -0.434. The summed E-state index contributed by atoms with van der Waals surface area (Å²) in [5, 5.41) is 13.9. The van der Waals surface area contributed by atoms with E-state index in [1.54, 1.807) is 4.90 Å². The molecule has 1 atom stereocenters. The van der Waals surface area contributed by atoms with Gasteiger partial charge in [-0.25, -0.2) is 0 Å². The number of nitrogens with one attached hydrogen (secondary N) is 1. The number of anilines is 1. The SMILES string of the molecule is O=C(COc1cc(N2CCCC2=O)ccc1[N+](=O)[O-])NC[C@H]1CCCO1. The van der Waals surface area contributed by atoms with Crippen molar-refractivity contribution in [1.29, 1.82) is 0 Å². The molecule has 2 aliphatic heterocycles. The monoisotopic (exact) mass is 363 g/mol. The van der Waals surface area contributed by atoms with Crippen molar-refractivity contribution in [3.63, 3.8) is 0 Å². The van der Waals surface area contributed by atoms with E-state index in [0.717, 1.165) is 19.3 Å². The quantitative estimate of drug-likeness (QED) is 0.579. The van der Waals surface area contributed by atoms with E-state index in [1.807, 2.05) is 0 Å². The third kappa shape index (κ3) is 4.29. The first-order valence-electron chi connectivity index (χ1n) is 8.64. The molecule has 2 saturated heterocycles. The van der Waals surface area contributed by atoms with Gasteiger partial charge in [0.05, 0.1) is 11.0 Å². The Hall–Kier alpha value is -2.68. The van der Waals surface area contributed by atoms with Crippen LogP contribution in [0.5, 0.6) is 5.75 Å². The number of rotatable bonds is 7. The summed E-state index contributed by atoms with van der Waals surface area (Å²) < 4.78 is 10.8. The number of carbonyl (C=O) groups excluding carboxylic acids is 2. The summed E-state index contributed by atoms with van der Waals surface area (Å²) in [6.07, 6.45) is 3.10. The Balaban J connectivity index is 1.63. The van der Waals surface area contributed by atoms with Crippen LogP contribution in [0, 0.1) is 10.1 Å². The Kier molecular flexibility index (Phi) is 5.67. The Morgan fingerprint density at radius 1 is 1.42 bits per heavy atom. The molecule has 0 aromatic heterocycles. The number of hydrogen-bond acceptors (Lipinski definition) is 6. The smallest absolute Gasteiger partial charge is 0.311 e. The van der Waals surface area contributed by atoms with Gasteiger partial charge in [0, 0.05) is 43.9 Å². The fraction of sp³-hybridized carbons (Fsp3) is 0.529. The van der Waals surface area contributed by atoms with Crippen LogP contribution in [-0.2, 0) is 14.3 Å². The van der Waals surface area contributed by atoms with Crippen molar-refractivity contribution in [2.24, 2.45) is 0 Å². The molecule has 0 spiro atoms. The van der Waals surface area contributed by atoms with Gasteiger partial charge in [0.1, 0.15) is 0 Å². The van der Waals surface area contributed by atoms with Gasteiger partial charge in [-0.05, 0) is 25.3 Å². The largest absolute Gasteiger partial charge is 0.477 e. The number of benzene rings is 1. The minimum absolute atomic E-state index is 0.0118. The van der Waals surface area contributed by atoms with E-state index in [-0.39, 0.29) is 36.0 Å². The van der Waals surface area contributed by atoms with Gasteiger partial charge in [-0.3, -0.25) is 19.7 Å². The molecule has 0 unspecified atom stereocenters. The molecule has 2 heterocycles. The summed E-state index contributed by atoms with van der Waals surface area (Å²) in [6.45, 7) is 1.32. The average molecular weight is 363 g/mol. The molecule has 0 aliphatic carbocycles. The molecule has 9 nitrogen and oxygen atoms in total. The first-order valence-corrected chi connectivity index (χ1v) is 8.64. The molecule has 1 N–H and O–H groups in total. The van der Waals surface area contributed by atoms with Crippen molar-refractivity contribution in [3.8, 4) is 5.75 Å². The predicted molar refractivity (Wildman–Crippen MR) is 92.2 cm³/mol. The highest BCUT2D eigenvalue weighted by atomic mass is 16.6. The number of nitro groups is 1. The maximum Gasteiger partial charge on any atom is 0.311 e. The summed E-state index contributed by atoms with van der Waals surface area (Å²) in [6, 6.07) is 4.25. The van der Waals surface area contributed by atoms with Crippen molar-refractivity contribution in [3.05, 3.63) is 28.3 Å². The maximum absolute atomic E-state index is 11.9. The second-order valence-electron chi connectivity index (χ2n) is 6.29. The predicted octanol–water partition coefficient (Wildman–Crippen LogP) is 1.40. The van der Waals surface area contributed by atoms with Crippen molar-refractivity contribution in [2.75, 3.05) is 31.2 Å². The zero-order valence-electron chi connectivity index (χ0n) is 14.3. The van der Waals surface area contributed by atoms with Gasteiger partial charge < -0.3 is 19.7 Å². The first-order chi connectivity index (χ1) is 12.5.